The maximum Gasteiger partial charge on any atom is 0.0468 e. The fourth-order valence-corrected chi connectivity index (χ4v) is 1.27. The number of aliphatic hydroxyl groups excluding tert-OH is 1. The first kappa shape index (κ1) is 12.9. The monoisotopic (exact) mass is 187 g/mol. The second kappa shape index (κ2) is 8.52. The largest absolute Gasteiger partial charge is 0.396 e. The molecule has 2 N–H and O–H groups in total. The molecule has 0 aliphatic rings. The fraction of sp³-hybridized carbons (Fsp3) is 1.00. The zero-order valence-electron chi connectivity index (χ0n) is 9.34. The highest BCUT2D eigenvalue weighted by Gasteiger charge is 2.03. The Labute approximate surface area is 82.7 Å². The number of nitrogens with one attached hydrogen (secondary N) is 1. The van der Waals surface area contributed by atoms with Gasteiger partial charge in [0.2, 0.25) is 0 Å². The predicted molar refractivity (Wildman–Crippen MR) is 57.9 cm³/mol. The van der Waals surface area contributed by atoms with Crippen LogP contribution in [-0.2, 0) is 0 Å². The van der Waals surface area contributed by atoms with E-state index in [0.29, 0.717) is 12.0 Å². The quantitative estimate of drug-likeness (QED) is 0.571. The molecular weight excluding hydrogens is 162 g/mol. The molecule has 80 valence electrons. The first-order chi connectivity index (χ1) is 6.20. The first-order valence-electron chi connectivity index (χ1n) is 5.55. The van der Waals surface area contributed by atoms with E-state index in [-0.39, 0.29) is 6.61 Å². The van der Waals surface area contributed by atoms with E-state index in [0.717, 1.165) is 6.54 Å². The van der Waals surface area contributed by atoms with E-state index in [1.54, 1.807) is 0 Å². The molecule has 2 unspecified atom stereocenters. The first-order valence-corrected chi connectivity index (χ1v) is 5.55. The lowest BCUT2D eigenvalue weighted by atomic mass is 10.1. The van der Waals surface area contributed by atoms with Gasteiger partial charge in [-0.2, -0.15) is 0 Å². The zero-order valence-corrected chi connectivity index (χ0v) is 9.34. The lowest BCUT2D eigenvalue weighted by Gasteiger charge is -2.16. The molecule has 0 aromatic heterocycles. The van der Waals surface area contributed by atoms with Crippen molar-refractivity contribution in [3.05, 3.63) is 0 Å². The van der Waals surface area contributed by atoms with Crippen molar-refractivity contribution in [1.29, 1.82) is 0 Å². The molecule has 0 aromatic rings. The molecule has 0 fully saturated rings. The third-order valence-corrected chi connectivity index (χ3v) is 2.37. The molecule has 0 aliphatic heterocycles. The minimum Gasteiger partial charge on any atom is -0.396 e. The van der Waals surface area contributed by atoms with E-state index < -0.39 is 0 Å². The maximum atomic E-state index is 8.82. The molecule has 0 aliphatic carbocycles. The van der Waals surface area contributed by atoms with Crippen molar-refractivity contribution in [2.45, 2.75) is 52.5 Å². The van der Waals surface area contributed by atoms with Crippen LogP contribution in [0.1, 0.15) is 46.5 Å². The third kappa shape index (κ3) is 8.26. The van der Waals surface area contributed by atoms with E-state index in [2.05, 4.69) is 26.1 Å². The summed E-state index contributed by atoms with van der Waals surface area (Å²) in [4.78, 5) is 0. The van der Waals surface area contributed by atoms with Gasteiger partial charge in [0.05, 0.1) is 0 Å². The van der Waals surface area contributed by atoms with Crippen LogP contribution in [0.4, 0.5) is 0 Å². The summed E-state index contributed by atoms with van der Waals surface area (Å²) in [6.07, 6.45) is 5.20. The van der Waals surface area contributed by atoms with Gasteiger partial charge in [0, 0.05) is 19.2 Å². The van der Waals surface area contributed by atoms with Gasteiger partial charge >= 0.3 is 0 Å². The summed E-state index contributed by atoms with van der Waals surface area (Å²) in [7, 11) is 0. The molecule has 2 atom stereocenters. The molecule has 0 aromatic carbocycles. The molecule has 0 rings (SSSR count). The van der Waals surface area contributed by atoms with Crippen LogP contribution < -0.4 is 5.32 Å². The molecule has 0 bridgehead atoms. The maximum absolute atomic E-state index is 8.82. The summed E-state index contributed by atoms with van der Waals surface area (Å²) in [5, 5.41) is 12.3. The van der Waals surface area contributed by atoms with Crippen molar-refractivity contribution in [3.63, 3.8) is 0 Å². The third-order valence-electron chi connectivity index (χ3n) is 2.37. The minimum atomic E-state index is 0.286. The van der Waals surface area contributed by atoms with E-state index in [9.17, 15) is 0 Å². The summed E-state index contributed by atoms with van der Waals surface area (Å²) >= 11 is 0. The van der Waals surface area contributed by atoms with Crippen LogP contribution in [-0.4, -0.2) is 24.3 Å². The fourth-order valence-electron chi connectivity index (χ4n) is 1.27. The molecule has 0 heterocycles. The number of hydrogen-bond donors (Lipinski definition) is 2. The van der Waals surface area contributed by atoms with E-state index >= 15 is 0 Å². The Morgan fingerprint density at radius 3 is 2.46 bits per heavy atom. The van der Waals surface area contributed by atoms with Crippen LogP contribution in [0, 0.1) is 5.92 Å². The molecule has 2 nitrogen and oxygen atoms in total. The van der Waals surface area contributed by atoms with Gasteiger partial charge in [-0.3, -0.25) is 0 Å². The average molecular weight is 187 g/mol. The average Bonchev–Trinajstić information content (AvgIpc) is 2.14. The van der Waals surface area contributed by atoms with Crippen LogP contribution >= 0.6 is 0 Å². The molecule has 0 saturated carbocycles. The standard InChI is InChI=1S/C11H25NO/c1-4-5-6-7-11(3)12-8-10(2)9-13/h10-13H,4-9H2,1-3H3. The Bertz CT molecular complexity index is 106. The van der Waals surface area contributed by atoms with Crippen molar-refractivity contribution in [3.8, 4) is 0 Å². The second-order valence-electron chi connectivity index (χ2n) is 4.09. The Kier molecular flexibility index (Phi) is 8.46. The summed E-state index contributed by atoms with van der Waals surface area (Å²) in [6, 6.07) is 0.598. The summed E-state index contributed by atoms with van der Waals surface area (Å²) in [6.45, 7) is 7.73. The van der Waals surface area contributed by atoms with Gasteiger partial charge in [-0.25, -0.2) is 0 Å². The Morgan fingerprint density at radius 1 is 1.23 bits per heavy atom. The topological polar surface area (TPSA) is 32.3 Å². The van der Waals surface area contributed by atoms with Crippen molar-refractivity contribution in [2.75, 3.05) is 13.2 Å². The van der Waals surface area contributed by atoms with Crippen molar-refractivity contribution in [1.82, 2.24) is 5.32 Å². The Balaban J connectivity index is 3.24. The van der Waals surface area contributed by atoms with Crippen molar-refractivity contribution < 1.29 is 5.11 Å². The van der Waals surface area contributed by atoms with Crippen LogP contribution in [0.2, 0.25) is 0 Å². The minimum absolute atomic E-state index is 0.286. The lowest BCUT2D eigenvalue weighted by molar-refractivity contribution is 0.230. The van der Waals surface area contributed by atoms with Gasteiger partial charge in [0.25, 0.3) is 0 Å². The summed E-state index contributed by atoms with van der Waals surface area (Å²) in [5.41, 5.74) is 0. The Morgan fingerprint density at radius 2 is 1.92 bits per heavy atom. The van der Waals surface area contributed by atoms with Gasteiger partial charge < -0.3 is 10.4 Å². The molecule has 2 heteroatoms. The number of unbranched alkanes of at least 4 members (excludes halogenated alkanes) is 2. The normalized spacial score (nSPS) is 15.7. The predicted octanol–water partition coefficient (Wildman–Crippen LogP) is 2.17. The highest BCUT2D eigenvalue weighted by molar-refractivity contribution is 4.63. The zero-order chi connectivity index (χ0) is 10.1. The van der Waals surface area contributed by atoms with E-state index in [4.69, 9.17) is 5.11 Å². The van der Waals surface area contributed by atoms with Crippen molar-refractivity contribution in [2.24, 2.45) is 5.92 Å². The lowest BCUT2D eigenvalue weighted by Crippen LogP contribution is -2.31. The van der Waals surface area contributed by atoms with Crippen LogP contribution in [0.15, 0.2) is 0 Å². The van der Waals surface area contributed by atoms with Crippen LogP contribution in [0.3, 0.4) is 0 Å². The van der Waals surface area contributed by atoms with Crippen LogP contribution in [0.25, 0.3) is 0 Å². The molecule has 13 heavy (non-hydrogen) atoms. The summed E-state index contributed by atoms with van der Waals surface area (Å²) in [5.74, 6) is 0.383. The van der Waals surface area contributed by atoms with Gasteiger partial charge in [0.1, 0.15) is 0 Å². The van der Waals surface area contributed by atoms with Crippen molar-refractivity contribution >= 4 is 0 Å². The molecule has 0 amide bonds. The van der Waals surface area contributed by atoms with E-state index in [1.165, 1.54) is 25.7 Å². The summed E-state index contributed by atoms with van der Waals surface area (Å²) < 4.78 is 0. The molecular formula is C11H25NO. The smallest absolute Gasteiger partial charge is 0.0468 e. The number of hydrogen-bond acceptors (Lipinski definition) is 2. The van der Waals surface area contributed by atoms with Gasteiger partial charge in [0.15, 0.2) is 0 Å². The van der Waals surface area contributed by atoms with Crippen LogP contribution in [0.5, 0.6) is 0 Å². The van der Waals surface area contributed by atoms with Gasteiger partial charge in [-0.1, -0.05) is 33.1 Å². The molecule has 0 radical (unpaired) electrons. The highest BCUT2D eigenvalue weighted by Crippen LogP contribution is 2.03. The second-order valence-corrected chi connectivity index (χ2v) is 4.09. The number of rotatable bonds is 8. The van der Waals surface area contributed by atoms with Gasteiger partial charge in [-0.05, 0) is 19.3 Å². The highest BCUT2D eigenvalue weighted by atomic mass is 16.3. The SMILES string of the molecule is CCCCCC(C)NCC(C)CO. The Hall–Kier alpha value is -0.0800. The molecule has 0 spiro atoms. The van der Waals surface area contributed by atoms with E-state index in [1.807, 2.05) is 0 Å². The number of aliphatic hydroxyl groups is 1. The van der Waals surface area contributed by atoms with Gasteiger partial charge in [-0.15, -0.1) is 0 Å². The molecule has 0 saturated heterocycles.